The van der Waals surface area contributed by atoms with Crippen molar-refractivity contribution in [2.24, 2.45) is 5.73 Å². The van der Waals surface area contributed by atoms with Crippen molar-refractivity contribution in [2.45, 2.75) is 17.1 Å². The van der Waals surface area contributed by atoms with E-state index in [0.29, 0.717) is 11.4 Å². The topological polar surface area (TPSA) is 134 Å². The van der Waals surface area contributed by atoms with Crippen LogP contribution in [-0.4, -0.2) is 35.7 Å². The van der Waals surface area contributed by atoms with Gasteiger partial charge in [-0.3, -0.25) is 19.7 Å². The summed E-state index contributed by atoms with van der Waals surface area (Å²) in [5.74, 6) is -0.235. The number of ether oxygens (including phenoxy) is 2. The quantitative estimate of drug-likeness (QED) is 0.372. The molecule has 0 saturated heterocycles. The van der Waals surface area contributed by atoms with Gasteiger partial charge in [-0.1, -0.05) is 0 Å². The van der Waals surface area contributed by atoms with Gasteiger partial charge in [0.25, 0.3) is 11.6 Å². The highest BCUT2D eigenvalue weighted by atomic mass is 32.2. The van der Waals surface area contributed by atoms with Crippen LogP contribution in [0.4, 0.5) is 11.4 Å². The molecule has 0 aliphatic heterocycles. The number of rotatable bonds is 9. The fraction of sp³-hybridized carbons (Fsp3) is 0.222. The molecule has 0 fully saturated rings. The van der Waals surface area contributed by atoms with E-state index in [0.717, 1.165) is 4.90 Å². The average Bonchev–Trinajstić information content (AvgIpc) is 2.66. The lowest BCUT2D eigenvalue weighted by Crippen LogP contribution is -2.22. The van der Waals surface area contributed by atoms with Crippen LogP contribution < -0.4 is 20.5 Å². The summed E-state index contributed by atoms with van der Waals surface area (Å²) < 4.78 is 10.4. The van der Waals surface area contributed by atoms with Crippen molar-refractivity contribution < 1.29 is 24.0 Å². The molecule has 2 aromatic carbocycles. The Bertz CT molecular complexity index is 872. The van der Waals surface area contributed by atoms with E-state index in [2.05, 4.69) is 5.32 Å². The summed E-state index contributed by atoms with van der Waals surface area (Å²) in [5.41, 5.74) is 5.52. The van der Waals surface area contributed by atoms with Crippen LogP contribution in [0.5, 0.6) is 11.5 Å². The summed E-state index contributed by atoms with van der Waals surface area (Å²) in [7, 11) is 1.45. The first-order chi connectivity index (χ1) is 13.3. The Morgan fingerprint density at radius 1 is 1.21 bits per heavy atom. The Morgan fingerprint density at radius 3 is 2.46 bits per heavy atom. The number of methoxy groups -OCH3 is 1. The SMILES string of the molecule is COc1ccc(NC(=O)C(C)Sc2ccc([N+](=O)[O-])cc2)cc1OCC(N)=O. The van der Waals surface area contributed by atoms with E-state index in [1.807, 2.05) is 0 Å². The Balaban J connectivity index is 2.03. The highest BCUT2D eigenvalue weighted by Gasteiger charge is 2.16. The largest absolute Gasteiger partial charge is 0.493 e. The van der Waals surface area contributed by atoms with Crippen molar-refractivity contribution in [3.8, 4) is 11.5 Å². The number of anilines is 1. The minimum atomic E-state index is -0.635. The van der Waals surface area contributed by atoms with E-state index in [4.69, 9.17) is 15.2 Å². The van der Waals surface area contributed by atoms with Gasteiger partial charge in [0.2, 0.25) is 5.91 Å². The molecule has 0 heterocycles. The fourth-order valence-electron chi connectivity index (χ4n) is 2.16. The lowest BCUT2D eigenvalue weighted by molar-refractivity contribution is -0.384. The van der Waals surface area contributed by atoms with E-state index in [1.165, 1.54) is 37.1 Å². The minimum absolute atomic E-state index is 0.0109. The molecular formula is C18H19N3O6S. The van der Waals surface area contributed by atoms with Crippen LogP contribution in [0.1, 0.15) is 6.92 Å². The summed E-state index contributed by atoms with van der Waals surface area (Å²) in [6.45, 7) is 1.40. The number of thioether (sulfide) groups is 1. The van der Waals surface area contributed by atoms with E-state index in [9.17, 15) is 19.7 Å². The van der Waals surface area contributed by atoms with Gasteiger partial charge >= 0.3 is 0 Å². The van der Waals surface area contributed by atoms with Gasteiger partial charge in [0.15, 0.2) is 18.1 Å². The predicted molar refractivity (Wildman–Crippen MR) is 105 cm³/mol. The maximum atomic E-state index is 12.4. The molecule has 10 heteroatoms. The highest BCUT2D eigenvalue weighted by Crippen LogP contribution is 2.31. The number of nitrogens with two attached hydrogens (primary N) is 1. The number of carbonyl (C=O) groups is 2. The summed E-state index contributed by atoms with van der Waals surface area (Å²) in [4.78, 5) is 34.3. The van der Waals surface area contributed by atoms with E-state index >= 15 is 0 Å². The molecule has 0 aliphatic rings. The zero-order valence-electron chi connectivity index (χ0n) is 15.2. The molecule has 1 atom stereocenters. The third-order valence-electron chi connectivity index (χ3n) is 3.53. The van der Waals surface area contributed by atoms with Crippen LogP contribution in [0.15, 0.2) is 47.4 Å². The van der Waals surface area contributed by atoms with Crippen LogP contribution in [0, 0.1) is 10.1 Å². The number of nitrogens with one attached hydrogen (secondary N) is 1. The average molecular weight is 405 g/mol. The molecule has 3 N–H and O–H groups in total. The number of nitrogens with zero attached hydrogens (tertiary/aromatic N) is 1. The van der Waals surface area contributed by atoms with Crippen LogP contribution >= 0.6 is 11.8 Å². The molecule has 0 radical (unpaired) electrons. The second kappa shape index (κ2) is 9.60. The Hall–Kier alpha value is -3.27. The van der Waals surface area contributed by atoms with Crippen LogP contribution in [-0.2, 0) is 9.59 Å². The number of amides is 2. The fourth-order valence-corrected chi connectivity index (χ4v) is 3.03. The number of nitro benzene ring substituents is 1. The van der Waals surface area contributed by atoms with Gasteiger partial charge in [0.1, 0.15) is 0 Å². The molecule has 0 aromatic heterocycles. The molecule has 2 amide bonds. The van der Waals surface area contributed by atoms with E-state index < -0.39 is 16.1 Å². The van der Waals surface area contributed by atoms with Gasteiger partial charge < -0.3 is 20.5 Å². The number of non-ortho nitro benzene ring substituents is 1. The molecule has 0 spiro atoms. The van der Waals surface area contributed by atoms with Crippen LogP contribution in [0.3, 0.4) is 0 Å². The van der Waals surface area contributed by atoms with Crippen molar-refractivity contribution in [1.29, 1.82) is 0 Å². The van der Waals surface area contributed by atoms with E-state index in [1.54, 1.807) is 31.2 Å². The standard InChI is InChI=1S/C18H19N3O6S/c1-11(28-14-6-4-13(5-7-14)21(24)25)18(23)20-12-3-8-15(26-2)16(9-12)27-10-17(19)22/h3-9,11H,10H2,1-2H3,(H2,19,22)(H,20,23). The molecule has 148 valence electrons. The molecule has 2 rings (SSSR count). The third kappa shape index (κ3) is 5.88. The van der Waals surface area contributed by atoms with Crippen LogP contribution in [0.2, 0.25) is 0 Å². The van der Waals surface area contributed by atoms with Gasteiger partial charge in [-0.25, -0.2) is 0 Å². The van der Waals surface area contributed by atoms with Gasteiger partial charge in [-0.05, 0) is 31.2 Å². The molecule has 0 aliphatic carbocycles. The maximum absolute atomic E-state index is 12.4. The van der Waals surface area contributed by atoms with Gasteiger partial charge in [-0.15, -0.1) is 11.8 Å². The summed E-state index contributed by atoms with van der Waals surface area (Å²) >= 11 is 1.27. The number of nitro groups is 1. The monoisotopic (exact) mass is 405 g/mol. The highest BCUT2D eigenvalue weighted by molar-refractivity contribution is 8.00. The van der Waals surface area contributed by atoms with Gasteiger partial charge in [-0.2, -0.15) is 0 Å². The molecule has 0 bridgehead atoms. The second-order valence-electron chi connectivity index (χ2n) is 5.62. The third-order valence-corrected chi connectivity index (χ3v) is 4.64. The van der Waals surface area contributed by atoms with Gasteiger partial charge in [0, 0.05) is 28.8 Å². The Labute approximate surface area is 165 Å². The zero-order chi connectivity index (χ0) is 20.7. The lowest BCUT2D eigenvalue weighted by Gasteiger charge is -2.14. The Morgan fingerprint density at radius 2 is 1.89 bits per heavy atom. The lowest BCUT2D eigenvalue weighted by atomic mass is 10.2. The zero-order valence-corrected chi connectivity index (χ0v) is 16.0. The number of benzene rings is 2. The van der Waals surface area contributed by atoms with Crippen molar-refractivity contribution in [2.75, 3.05) is 19.0 Å². The Kier molecular flexibility index (Phi) is 7.21. The first-order valence-electron chi connectivity index (χ1n) is 8.11. The van der Waals surface area contributed by atoms with Crippen molar-refractivity contribution in [1.82, 2.24) is 0 Å². The summed E-state index contributed by atoms with van der Waals surface area (Å²) in [6.07, 6.45) is 0. The summed E-state index contributed by atoms with van der Waals surface area (Å²) in [6, 6.07) is 10.7. The number of hydrogen-bond donors (Lipinski definition) is 2. The minimum Gasteiger partial charge on any atom is -0.493 e. The maximum Gasteiger partial charge on any atom is 0.269 e. The van der Waals surface area contributed by atoms with Gasteiger partial charge in [0.05, 0.1) is 17.3 Å². The summed E-state index contributed by atoms with van der Waals surface area (Å²) in [5, 5.41) is 13.0. The van der Waals surface area contributed by atoms with E-state index in [-0.39, 0.29) is 24.0 Å². The van der Waals surface area contributed by atoms with Crippen molar-refractivity contribution >= 4 is 35.0 Å². The molecule has 28 heavy (non-hydrogen) atoms. The molecule has 1 unspecified atom stereocenters. The van der Waals surface area contributed by atoms with Crippen LogP contribution in [0.25, 0.3) is 0 Å². The van der Waals surface area contributed by atoms with Crippen molar-refractivity contribution in [3.63, 3.8) is 0 Å². The number of hydrogen-bond acceptors (Lipinski definition) is 7. The smallest absolute Gasteiger partial charge is 0.269 e. The van der Waals surface area contributed by atoms with Crippen molar-refractivity contribution in [3.05, 3.63) is 52.6 Å². The number of carbonyl (C=O) groups excluding carboxylic acids is 2. The molecule has 0 saturated carbocycles. The number of primary amides is 1. The predicted octanol–water partition coefficient (Wildman–Crippen LogP) is 2.59. The normalized spacial score (nSPS) is 11.4. The first kappa shape index (κ1) is 21.0. The second-order valence-corrected chi connectivity index (χ2v) is 7.04. The first-order valence-corrected chi connectivity index (χ1v) is 8.99. The molecule has 2 aromatic rings. The molecule has 9 nitrogen and oxygen atoms in total. The molecular weight excluding hydrogens is 386 g/mol.